The van der Waals surface area contributed by atoms with Gasteiger partial charge in [-0.05, 0) is 28.1 Å². The number of hydrogen-bond donors (Lipinski definition) is 1. The Morgan fingerprint density at radius 1 is 1.33 bits per heavy atom. The van der Waals surface area contributed by atoms with Crippen LogP contribution >= 0.6 is 15.9 Å². The summed E-state index contributed by atoms with van der Waals surface area (Å²) in [5.74, 6) is -1.12. The molecule has 1 aromatic carbocycles. The van der Waals surface area contributed by atoms with E-state index >= 15 is 0 Å². The molecule has 1 N–H and O–H groups in total. The van der Waals surface area contributed by atoms with Gasteiger partial charge in [-0.3, -0.25) is 4.68 Å². The minimum atomic E-state index is -0.566. The van der Waals surface area contributed by atoms with Crippen LogP contribution in [0, 0.1) is 11.6 Å². The summed E-state index contributed by atoms with van der Waals surface area (Å²) in [6.45, 7) is 1.28. The average molecular weight is 317 g/mol. The maximum Gasteiger partial charge on any atom is 0.144 e. The van der Waals surface area contributed by atoms with E-state index in [1.165, 1.54) is 12.1 Å². The van der Waals surface area contributed by atoms with Gasteiger partial charge in [-0.15, -0.1) is 5.10 Å². The highest BCUT2D eigenvalue weighted by molar-refractivity contribution is 9.10. The summed E-state index contributed by atoms with van der Waals surface area (Å²) < 4.78 is 28.9. The molecule has 18 heavy (non-hydrogen) atoms. The molecule has 0 aliphatic heterocycles. The van der Waals surface area contributed by atoms with Gasteiger partial charge in [-0.1, -0.05) is 5.21 Å². The van der Waals surface area contributed by atoms with Crippen LogP contribution < -0.4 is 5.32 Å². The lowest BCUT2D eigenvalue weighted by Crippen LogP contribution is -2.21. The Hall–Kier alpha value is -1.34. The Bertz CT molecular complexity index is 516. The second-order valence-electron chi connectivity index (χ2n) is 3.66. The zero-order valence-electron chi connectivity index (χ0n) is 9.41. The van der Waals surface area contributed by atoms with E-state index in [0.29, 0.717) is 13.1 Å². The molecule has 0 saturated heterocycles. The van der Waals surface area contributed by atoms with Gasteiger partial charge in [0.25, 0.3) is 0 Å². The standard InChI is InChI=1S/C11H11BrF2N4/c12-9-1-2-10(13)8(11(9)14)7-15-3-5-18-6-4-16-17-18/h1-2,4,6,15H,3,5,7H2. The van der Waals surface area contributed by atoms with E-state index in [1.807, 2.05) is 0 Å². The SMILES string of the molecule is Fc1ccc(Br)c(F)c1CNCCn1ccnn1. The molecule has 0 aliphatic rings. The van der Waals surface area contributed by atoms with Gasteiger partial charge in [0.2, 0.25) is 0 Å². The van der Waals surface area contributed by atoms with Crippen LogP contribution in [0.5, 0.6) is 0 Å². The van der Waals surface area contributed by atoms with Crippen molar-refractivity contribution in [2.75, 3.05) is 6.54 Å². The second kappa shape index (κ2) is 6.01. The topological polar surface area (TPSA) is 42.7 Å². The molecule has 0 fully saturated rings. The molecule has 0 atom stereocenters. The van der Waals surface area contributed by atoms with Crippen LogP contribution in [0.2, 0.25) is 0 Å². The fourth-order valence-corrected chi connectivity index (χ4v) is 1.86. The quantitative estimate of drug-likeness (QED) is 0.678. The number of nitrogens with one attached hydrogen (secondary N) is 1. The minimum Gasteiger partial charge on any atom is -0.311 e. The Labute approximate surface area is 111 Å². The zero-order chi connectivity index (χ0) is 13.0. The van der Waals surface area contributed by atoms with Gasteiger partial charge in [0, 0.05) is 24.8 Å². The molecule has 0 bridgehead atoms. The van der Waals surface area contributed by atoms with Crippen LogP contribution in [0.4, 0.5) is 8.78 Å². The maximum absolute atomic E-state index is 13.6. The lowest BCUT2D eigenvalue weighted by atomic mass is 10.2. The van der Waals surface area contributed by atoms with Crippen molar-refractivity contribution >= 4 is 15.9 Å². The van der Waals surface area contributed by atoms with Gasteiger partial charge in [0.15, 0.2) is 0 Å². The molecular formula is C11H11BrF2N4. The van der Waals surface area contributed by atoms with E-state index in [-0.39, 0.29) is 16.6 Å². The molecule has 0 radical (unpaired) electrons. The second-order valence-corrected chi connectivity index (χ2v) is 4.52. The zero-order valence-corrected chi connectivity index (χ0v) is 11.0. The Balaban J connectivity index is 1.88. The molecule has 2 rings (SSSR count). The minimum absolute atomic E-state index is 0.0305. The lowest BCUT2D eigenvalue weighted by molar-refractivity contribution is 0.506. The number of rotatable bonds is 5. The molecule has 0 aliphatic carbocycles. The molecule has 4 nitrogen and oxygen atoms in total. The first-order valence-electron chi connectivity index (χ1n) is 5.35. The molecule has 0 saturated carbocycles. The van der Waals surface area contributed by atoms with Gasteiger partial charge < -0.3 is 5.32 Å². The van der Waals surface area contributed by atoms with E-state index in [1.54, 1.807) is 17.1 Å². The van der Waals surface area contributed by atoms with Gasteiger partial charge in [0.1, 0.15) is 11.6 Å². The molecule has 0 unspecified atom stereocenters. The molecule has 96 valence electrons. The van der Waals surface area contributed by atoms with Crippen LogP contribution in [0.3, 0.4) is 0 Å². The first-order valence-corrected chi connectivity index (χ1v) is 6.15. The van der Waals surface area contributed by atoms with Crippen molar-refractivity contribution in [1.29, 1.82) is 0 Å². The molecule has 7 heteroatoms. The van der Waals surface area contributed by atoms with Crippen LogP contribution in [0.25, 0.3) is 0 Å². The summed E-state index contributed by atoms with van der Waals surface area (Å²) in [7, 11) is 0. The monoisotopic (exact) mass is 316 g/mol. The predicted octanol–water partition coefficient (Wildman–Crippen LogP) is 2.11. The van der Waals surface area contributed by atoms with E-state index in [2.05, 4.69) is 31.6 Å². The van der Waals surface area contributed by atoms with Gasteiger partial charge in [-0.25, -0.2) is 8.78 Å². The Kier molecular flexibility index (Phi) is 4.38. The molecular weight excluding hydrogens is 306 g/mol. The third-order valence-corrected chi connectivity index (χ3v) is 3.04. The van der Waals surface area contributed by atoms with Crippen LogP contribution in [-0.4, -0.2) is 21.5 Å². The smallest absolute Gasteiger partial charge is 0.144 e. The number of halogens is 3. The fourth-order valence-electron chi connectivity index (χ4n) is 1.49. The van der Waals surface area contributed by atoms with Crippen LogP contribution in [0.1, 0.15) is 5.56 Å². The Morgan fingerprint density at radius 3 is 2.89 bits per heavy atom. The highest BCUT2D eigenvalue weighted by Gasteiger charge is 2.11. The van der Waals surface area contributed by atoms with E-state index in [0.717, 1.165) is 0 Å². The van der Waals surface area contributed by atoms with Gasteiger partial charge in [-0.2, -0.15) is 0 Å². The maximum atomic E-state index is 13.6. The van der Waals surface area contributed by atoms with Crippen molar-refractivity contribution in [3.63, 3.8) is 0 Å². The predicted molar refractivity (Wildman–Crippen MR) is 65.8 cm³/mol. The highest BCUT2D eigenvalue weighted by atomic mass is 79.9. The first kappa shape index (κ1) is 13.1. The third-order valence-electron chi connectivity index (χ3n) is 2.43. The van der Waals surface area contributed by atoms with Crippen molar-refractivity contribution < 1.29 is 8.78 Å². The van der Waals surface area contributed by atoms with Crippen molar-refractivity contribution in [1.82, 2.24) is 20.3 Å². The number of benzene rings is 1. The van der Waals surface area contributed by atoms with Crippen LogP contribution in [-0.2, 0) is 13.1 Å². The van der Waals surface area contributed by atoms with E-state index in [9.17, 15) is 8.78 Å². The summed E-state index contributed by atoms with van der Waals surface area (Å²) in [5, 5.41) is 10.4. The van der Waals surface area contributed by atoms with Crippen molar-refractivity contribution in [3.05, 3.63) is 46.2 Å². The van der Waals surface area contributed by atoms with E-state index < -0.39 is 11.6 Å². The molecule has 2 aromatic rings. The third kappa shape index (κ3) is 3.11. The normalized spacial score (nSPS) is 10.8. The van der Waals surface area contributed by atoms with Crippen molar-refractivity contribution in [2.45, 2.75) is 13.1 Å². The summed E-state index contributed by atoms with van der Waals surface area (Å²) >= 11 is 3.03. The fraction of sp³-hybridized carbons (Fsp3) is 0.273. The highest BCUT2D eigenvalue weighted by Crippen LogP contribution is 2.21. The summed E-state index contributed by atoms with van der Waals surface area (Å²) in [6.07, 6.45) is 3.30. The molecule has 1 heterocycles. The lowest BCUT2D eigenvalue weighted by Gasteiger charge is -2.08. The average Bonchev–Trinajstić information content (AvgIpc) is 2.86. The number of nitrogens with zero attached hydrogens (tertiary/aromatic N) is 3. The Morgan fingerprint density at radius 2 is 2.17 bits per heavy atom. The largest absolute Gasteiger partial charge is 0.311 e. The van der Waals surface area contributed by atoms with Gasteiger partial charge in [0.05, 0.1) is 17.2 Å². The first-order chi connectivity index (χ1) is 8.68. The molecule has 0 spiro atoms. The number of hydrogen-bond acceptors (Lipinski definition) is 3. The molecule has 1 aromatic heterocycles. The van der Waals surface area contributed by atoms with Crippen molar-refractivity contribution in [3.8, 4) is 0 Å². The van der Waals surface area contributed by atoms with Crippen LogP contribution in [0.15, 0.2) is 29.0 Å². The summed E-state index contributed by atoms with van der Waals surface area (Å²) in [4.78, 5) is 0. The molecule has 0 amide bonds. The summed E-state index contributed by atoms with van der Waals surface area (Å²) in [5.41, 5.74) is 0.0305. The van der Waals surface area contributed by atoms with E-state index in [4.69, 9.17) is 0 Å². The summed E-state index contributed by atoms with van der Waals surface area (Å²) in [6, 6.07) is 2.59. The van der Waals surface area contributed by atoms with Crippen molar-refractivity contribution in [2.24, 2.45) is 0 Å². The number of aromatic nitrogens is 3. The van der Waals surface area contributed by atoms with Gasteiger partial charge >= 0.3 is 0 Å².